The van der Waals surface area contributed by atoms with Crippen molar-refractivity contribution < 1.29 is 14.4 Å². The van der Waals surface area contributed by atoms with E-state index in [1.807, 2.05) is 13.8 Å². The van der Waals surface area contributed by atoms with Crippen molar-refractivity contribution >= 4 is 17.3 Å². The van der Waals surface area contributed by atoms with Crippen molar-refractivity contribution in [3.8, 4) is 11.1 Å². The Morgan fingerprint density at radius 3 is 2.10 bits per heavy atom. The second kappa shape index (κ2) is 9.10. The molecule has 3 nitrogen and oxygen atoms in total. The molecule has 1 fully saturated rings. The fourth-order valence-electron chi connectivity index (χ4n) is 9.43. The number of carbonyl (C=O) groups is 3. The van der Waals surface area contributed by atoms with Gasteiger partial charge < -0.3 is 0 Å². The maximum Gasteiger partial charge on any atom is 0.190 e. The van der Waals surface area contributed by atoms with Crippen LogP contribution in [0.3, 0.4) is 0 Å². The summed E-state index contributed by atoms with van der Waals surface area (Å²) in [4.78, 5) is 41.8. The van der Waals surface area contributed by atoms with Gasteiger partial charge in [0.1, 0.15) is 5.78 Å². The molecule has 1 saturated carbocycles. The van der Waals surface area contributed by atoms with Crippen LogP contribution in [-0.4, -0.2) is 17.3 Å². The number of carbonyl (C=O) groups excluding carboxylic acids is 3. The number of aryl methyl sites for hydroxylation is 2. The van der Waals surface area contributed by atoms with Gasteiger partial charge in [-0.3, -0.25) is 14.4 Å². The van der Waals surface area contributed by atoms with Gasteiger partial charge in [-0.25, -0.2) is 0 Å². The standard InChI is InChI=1S/C37H46O3/c1-19(2)27-15-28(26-13-20(3)12-21(4)14-26)23(6)31-29(27)17-35(9)18-36(10)16-22(5)30(25(8)38)34(40)37(36,11)24(7)32(35)33(31)39/h12-15,19,22,30H,16-18H2,1-11H3. The zero-order chi connectivity index (χ0) is 29.7. The number of rotatable bonds is 3. The van der Waals surface area contributed by atoms with Crippen molar-refractivity contribution in [3.63, 3.8) is 0 Å². The van der Waals surface area contributed by atoms with Gasteiger partial charge in [0.15, 0.2) is 11.6 Å². The molecule has 0 spiro atoms. The van der Waals surface area contributed by atoms with Crippen molar-refractivity contribution in [2.45, 2.75) is 101 Å². The lowest BCUT2D eigenvalue weighted by Crippen LogP contribution is -2.61. The van der Waals surface area contributed by atoms with Gasteiger partial charge >= 0.3 is 0 Å². The zero-order valence-corrected chi connectivity index (χ0v) is 26.4. The van der Waals surface area contributed by atoms with E-state index >= 15 is 0 Å². The van der Waals surface area contributed by atoms with Gasteiger partial charge in [0, 0.05) is 16.6 Å². The Morgan fingerprint density at radius 1 is 0.950 bits per heavy atom. The summed E-state index contributed by atoms with van der Waals surface area (Å²) in [5, 5.41) is 0. The fraction of sp³-hybridized carbons (Fsp3) is 0.541. The van der Waals surface area contributed by atoms with Crippen molar-refractivity contribution in [1.82, 2.24) is 0 Å². The predicted octanol–water partition coefficient (Wildman–Crippen LogP) is 8.69. The molecule has 5 unspecified atom stereocenters. The van der Waals surface area contributed by atoms with E-state index < -0.39 is 11.3 Å². The van der Waals surface area contributed by atoms with Crippen LogP contribution in [0.4, 0.5) is 0 Å². The highest BCUT2D eigenvalue weighted by Gasteiger charge is 2.65. The Bertz CT molecular complexity index is 1500. The minimum Gasteiger partial charge on any atom is -0.299 e. The van der Waals surface area contributed by atoms with E-state index in [1.165, 1.54) is 22.3 Å². The number of hydrogen-bond acceptors (Lipinski definition) is 3. The Kier molecular flexibility index (Phi) is 6.53. The maximum atomic E-state index is 14.9. The van der Waals surface area contributed by atoms with Crippen LogP contribution in [-0.2, 0) is 16.0 Å². The third-order valence-electron chi connectivity index (χ3n) is 11.2. The molecule has 2 aromatic rings. The lowest BCUT2D eigenvalue weighted by Gasteiger charge is -2.61. The summed E-state index contributed by atoms with van der Waals surface area (Å²) in [6, 6.07) is 8.94. The molecule has 0 aromatic heterocycles. The topological polar surface area (TPSA) is 51.2 Å². The first kappa shape index (κ1) is 28.7. The third-order valence-corrected chi connectivity index (χ3v) is 11.2. The van der Waals surface area contributed by atoms with Crippen LogP contribution in [0.25, 0.3) is 11.1 Å². The average molecular weight is 539 g/mol. The molecule has 5 rings (SSSR count). The summed E-state index contributed by atoms with van der Waals surface area (Å²) in [5.41, 5.74) is 9.19. The summed E-state index contributed by atoms with van der Waals surface area (Å²) in [6.45, 7) is 22.9. The lowest BCUT2D eigenvalue weighted by atomic mass is 9.40. The molecular formula is C37H46O3. The highest BCUT2D eigenvalue weighted by atomic mass is 16.2. The highest BCUT2D eigenvalue weighted by Crippen LogP contribution is 2.67. The van der Waals surface area contributed by atoms with E-state index in [2.05, 4.69) is 79.7 Å². The monoisotopic (exact) mass is 538 g/mol. The highest BCUT2D eigenvalue weighted by molar-refractivity contribution is 6.16. The predicted molar refractivity (Wildman–Crippen MR) is 163 cm³/mol. The van der Waals surface area contributed by atoms with E-state index in [9.17, 15) is 14.4 Å². The van der Waals surface area contributed by atoms with Crippen LogP contribution in [0, 0.1) is 48.9 Å². The van der Waals surface area contributed by atoms with Gasteiger partial charge in [-0.05, 0) is 106 Å². The van der Waals surface area contributed by atoms with Crippen LogP contribution in [0.15, 0.2) is 35.4 Å². The second-order valence-corrected chi connectivity index (χ2v) is 14.6. The van der Waals surface area contributed by atoms with Crippen LogP contribution < -0.4 is 0 Å². The van der Waals surface area contributed by atoms with E-state index in [-0.39, 0.29) is 40.0 Å². The molecule has 3 heteroatoms. The summed E-state index contributed by atoms with van der Waals surface area (Å²) in [7, 11) is 0. The molecule has 2 aromatic carbocycles. The summed E-state index contributed by atoms with van der Waals surface area (Å²) >= 11 is 0. The summed E-state index contributed by atoms with van der Waals surface area (Å²) in [5.74, 6) is -0.283. The first-order chi connectivity index (χ1) is 18.5. The molecule has 5 atom stereocenters. The van der Waals surface area contributed by atoms with E-state index in [4.69, 9.17) is 0 Å². The quantitative estimate of drug-likeness (QED) is 0.367. The molecule has 40 heavy (non-hydrogen) atoms. The molecule has 0 heterocycles. The first-order valence-electron chi connectivity index (χ1n) is 15.0. The van der Waals surface area contributed by atoms with Gasteiger partial charge in [-0.15, -0.1) is 0 Å². The van der Waals surface area contributed by atoms with Crippen molar-refractivity contribution in [2.24, 2.45) is 28.1 Å². The van der Waals surface area contributed by atoms with Crippen molar-refractivity contribution in [1.29, 1.82) is 0 Å². The van der Waals surface area contributed by atoms with E-state index in [0.717, 1.165) is 52.7 Å². The third kappa shape index (κ3) is 3.79. The van der Waals surface area contributed by atoms with Gasteiger partial charge in [-0.1, -0.05) is 75.6 Å². The molecule has 3 aliphatic rings. The fourth-order valence-corrected chi connectivity index (χ4v) is 9.43. The molecule has 0 bridgehead atoms. The minimum atomic E-state index is -0.835. The van der Waals surface area contributed by atoms with Gasteiger partial charge in [-0.2, -0.15) is 0 Å². The van der Waals surface area contributed by atoms with Crippen LogP contribution in [0.1, 0.15) is 112 Å². The Labute approximate surface area is 240 Å². The Balaban J connectivity index is 1.79. The van der Waals surface area contributed by atoms with Gasteiger partial charge in [0.2, 0.25) is 0 Å². The van der Waals surface area contributed by atoms with Gasteiger partial charge in [0.05, 0.1) is 11.3 Å². The number of allylic oxidation sites excluding steroid dienone is 2. The van der Waals surface area contributed by atoms with Crippen LogP contribution in [0.5, 0.6) is 0 Å². The molecule has 212 valence electrons. The van der Waals surface area contributed by atoms with E-state index in [0.29, 0.717) is 0 Å². The normalized spacial score (nSPS) is 31.7. The van der Waals surface area contributed by atoms with E-state index in [1.54, 1.807) is 6.92 Å². The minimum absolute atomic E-state index is 0.00131. The molecule has 0 amide bonds. The van der Waals surface area contributed by atoms with Crippen LogP contribution >= 0.6 is 0 Å². The van der Waals surface area contributed by atoms with Crippen LogP contribution in [0.2, 0.25) is 0 Å². The van der Waals surface area contributed by atoms with Gasteiger partial charge in [0.25, 0.3) is 0 Å². The number of Topliss-reactive ketones (excluding diaryl/α,β-unsaturated/α-hetero) is 3. The second-order valence-electron chi connectivity index (χ2n) is 14.6. The SMILES string of the molecule is CC(=O)C1C(=O)C2(C)C(C)=C3C(=O)c4c(C)c(-c5cc(C)cc(C)c5)cc(C(C)C)c4CC3(C)CC2(C)CC1C. The number of benzene rings is 2. The zero-order valence-electron chi connectivity index (χ0n) is 26.4. The lowest BCUT2D eigenvalue weighted by molar-refractivity contribution is -0.154. The molecule has 0 N–H and O–H groups in total. The summed E-state index contributed by atoms with van der Waals surface area (Å²) < 4.78 is 0. The summed E-state index contributed by atoms with van der Waals surface area (Å²) in [6.07, 6.45) is 2.37. The Morgan fingerprint density at radius 2 is 1.55 bits per heavy atom. The largest absolute Gasteiger partial charge is 0.299 e. The molecule has 0 aliphatic heterocycles. The first-order valence-corrected chi connectivity index (χ1v) is 15.0. The number of fused-ring (bicyclic) bond motifs is 3. The molecule has 0 radical (unpaired) electrons. The average Bonchev–Trinajstić information content (AvgIpc) is 2.80. The smallest absolute Gasteiger partial charge is 0.190 e. The molecule has 0 saturated heterocycles. The maximum absolute atomic E-state index is 14.9. The molecular weight excluding hydrogens is 492 g/mol. The van der Waals surface area contributed by atoms with Crippen molar-refractivity contribution in [2.75, 3.05) is 0 Å². The molecule has 3 aliphatic carbocycles. The number of ketones is 3. The Hall–Kier alpha value is -2.81. The van der Waals surface area contributed by atoms with Crippen molar-refractivity contribution in [3.05, 3.63) is 68.8 Å². The number of hydrogen-bond donors (Lipinski definition) is 0.